The molecule has 0 amide bonds. The minimum absolute atomic E-state index is 0.242. The minimum atomic E-state index is -1.03. The maximum Gasteiger partial charge on any atom is 0.321 e. The van der Waals surface area contributed by atoms with Gasteiger partial charge in [0.2, 0.25) is 0 Å². The summed E-state index contributed by atoms with van der Waals surface area (Å²) in [7, 11) is 0. The van der Waals surface area contributed by atoms with E-state index in [1.165, 1.54) is 0 Å². The Kier molecular flexibility index (Phi) is 4.96. The molecule has 0 aliphatic rings. The zero-order valence-electron chi connectivity index (χ0n) is 12.9. The van der Waals surface area contributed by atoms with E-state index in [4.69, 9.17) is 21.4 Å². The van der Waals surface area contributed by atoms with E-state index in [0.717, 1.165) is 27.8 Å². The quantitative estimate of drug-likeness (QED) is 0.687. The minimum Gasteiger partial charge on any atom is -0.489 e. The number of hydrogen-bond acceptors (Lipinski definition) is 3. The summed E-state index contributed by atoms with van der Waals surface area (Å²) >= 11 is 5.78. The maximum atomic E-state index is 10.8. The standard InChI is InChI=1S/C19H16ClNO3/c20-17(19(22)23)9-14-8-15-6-7-16(10-18(15)21-11-14)24-12-13-4-2-1-3-5-13/h1-8,10-11,17H,9,12H2,(H,22,23). The number of halogens is 1. The first kappa shape index (κ1) is 16.3. The number of carboxylic acids is 1. The van der Waals surface area contributed by atoms with Gasteiger partial charge in [0.25, 0.3) is 0 Å². The van der Waals surface area contributed by atoms with Crippen LogP contribution in [0.5, 0.6) is 5.75 Å². The lowest BCUT2D eigenvalue weighted by Gasteiger charge is -2.09. The number of aliphatic carboxylic acids is 1. The number of alkyl halides is 1. The predicted octanol–water partition coefficient (Wildman–Crippen LogP) is 4.05. The van der Waals surface area contributed by atoms with Gasteiger partial charge in [0, 0.05) is 24.1 Å². The van der Waals surface area contributed by atoms with E-state index in [1.807, 2.05) is 54.6 Å². The highest BCUT2D eigenvalue weighted by molar-refractivity contribution is 6.29. The van der Waals surface area contributed by atoms with Crippen LogP contribution in [0.3, 0.4) is 0 Å². The van der Waals surface area contributed by atoms with Crippen LogP contribution in [0.4, 0.5) is 0 Å². The molecule has 4 nitrogen and oxygen atoms in total. The van der Waals surface area contributed by atoms with Crippen LogP contribution < -0.4 is 4.74 Å². The lowest BCUT2D eigenvalue weighted by molar-refractivity contribution is -0.136. The van der Waals surface area contributed by atoms with Gasteiger partial charge in [-0.05, 0) is 29.3 Å². The van der Waals surface area contributed by atoms with Gasteiger partial charge >= 0.3 is 5.97 Å². The average molecular weight is 342 g/mol. The van der Waals surface area contributed by atoms with E-state index in [1.54, 1.807) is 6.20 Å². The van der Waals surface area contributed by atoms with E-state index in [9.17, 15) is 4.79 Å². The van der Waals surface area contributed by atoms with E-state index in [0.29, 0.717) is 6.61 Å². The number of benzene rings is 2. The summed E-state index contributed by atoms with van der Waals surface area (Å²) in [6.45, 7) is 0.497. The molecule has 1 atom stereocenters. The molecular formula is C19H16ClNO3. The van der Waals surface area contributed by atoms with Crippen molar-refractivity contribution in [1.29, 1.82) is 0 Å². The predicted molar refractivity (Wildman–Crippen MR) is 93.5 cm³/mol. The Morgan fingerprint density at radius 3 is 2.67 bits per heavy atom. The van der Waals surface area contributed by atoms with E-state index in [-0.39, 0.29) is 6.42 Å². The summed E-state index contributed by atoms with van der Waals surface area (Å²) in [5.74, 6) is -0.284. The third-order valence-corrected chi connectivity index (χ3v) is 3.98. The van der Waals surface area contributed by atoms with E-state index >= 15 is 0 Å². The number of ether oxygens (including phenoxy) is 1. The molecule has 0 aliphatic carbocycles. The Morgan fingerprint density at radius 2 is 1.92 bits per heavy atom. The highest BCUT2D eigenvalue weighted by Gasteiger charge is 2.14. The molecule has 24 heavy (non-hydrogen) atoms. The first-order chi connectivity index (χ1) is 11.6. The maximum absolute atomic E-state index is 10.8. The molecule has 1 N–H and O–H groups in total. The highest BCUT2D eigenvalue weighted by Crippen LogP contribution is 2.22. The smallest absolute Gasteiger partial charge is 0.321 e. The lowest BCUT2D eigenvalue weighted by atomic mass is 10.1. The first-order valence-corrected chi connectivity index (χ1v) is 7.98. The van der Waals surface area contributed by atoms with Crippen molar-refractivity contribution in [3.8, 4) is 5.75 Å². The van der Waals surface area contributed by atoms with Gasteiger partial charge in [-0.25, -0.2) is 0 Å². The Bertz CT molecular complexity index is 852. The van der Waals surface area contributed by atoms with Crippen LogP contribution >= 0.6 is 11.6 Å². The van der Waals surface area contributed by atoms with Crippen molar-refractivity contribution < 1.29 is 14.6 Å². The van der Waals surface area contributed by atoms with Gasteiger partial charge in [-0.15, -0.1) is 11.6 Å². The number of carboxylic acid groups (broad SMARTS) is 1. The largest absolute Gasteiger partial charge is 0.489 e. The fourth-order valence-corrected chi connectivity index (χ4v) is 2.56. The van der Waals surface area contributed by atoms with Crippen molar-refractivity contribution in [3.63, 3.8) is 0 Å². The molecule has 0 saturated heterocycles. The van der Waals surface area contributed by atoms with E-state index in [2.05, 4.69) is 4.98 Å². The monoisotopic (exact) mass is 341 g/mol. The number of pyridine rings is 1. The van der Waals surface area contributed by atoms with Crippen molar-refractivity contribution in [2.24, 2.45) is 0 Å². The van der Waals surface area contributed by atoms with Gasteiger partial charge in [-0.2, -0.15) is 0 Å². The second-order valence-corrected chi connectivity index (χ2v) is 6.01. The second-order valence-electron chi connectivity index (χ2n) is 5.48. The number of aromatic nitrogens is 1. The lowest BCUT2D eigenvalue weighted by Crippen LogP contribution is -2.16. The molecule has 122 valence electrons. The number of rotatable bonds is 6. The number of fused-ring (bicyclic) bond motifs is 1. The van der Waals surface area contributed by atoms with Gasteiger partial charge in [-0.1, -0.05) is 30.3 Å². The zero-order valence-corrected chi connectivity index (χ0v) is 13.6. The molecule has 0 aliphatic heterocycles. The van der Waals surface area contributed by atoms with Crippen LogP contribution in [-0.4, -0.2) is 21.4 Å². The molecule has 2 aromatic carbocycles. The molecule has 0 bridgehead atoms. The van der Waals surface area contributed by atoms with Crippen LogP contribution in [0, 0.1) is 0 Å². The summed E-state index contributed by atoms with van der Waals surface area (Å²) in [4.78, 5) is 15.2. The van der Waals surface area contributed by atoms with Gasteiger partial charge < -0.3 is 9.84 Å². The summed E-state index contributed by atoms with van der Waals surface area (Å²) in [5.41, 5.74) is 2.69. The molecule has 1 unspecified atom stereocenters. The third-order valence-electron chi connectivity index (χ3n) is 3.64. The fraction of sp³-hybridized carbons (Fsp3) is 0.158. The molecule has 0 saturated carbocycles. The SMILES string of the molecule is O=C(O)C(Cl)Cc1cnc2cc(OCc3ccccc3)ccc2c1. The third kappa shape index (κ3) is 4.03. The normalized spacial score (nSPS) is 12.0. The van der Waals surface area contributed by atoms with Gasteiger partial charge in [-0.3, -0.25) is 9.78 Å². The topological polar surface area (TPSA) is 59.4 Å². The summed E-state index contributed by atoms with van der Waals surface area (Å²) in [5, 5.41) is 8.86. The molecule has 1 heterocycles. The van der Waals surface area contributed by atoms with Crippen molar-refractivity contribution in [2.45, 2.75) is 18.4 Å². The zero-order chi connectivity index (χ0) is 16.9. The molecule has 5 heteroatoms. The number of carbonyl (C=O) groups is 1. The molecular weight excluding hydrogens is 326 g/mol. The molecule has 0 fully saturated rings. The Labute approximate surface area is 144 Å². The summed E-state index contributed by atoms with van der Waals surface area (Å²) in [6, 6.07) is 17.5. The van der Waals surface area contributed by atoms with Crippen molar-refractivity contribution in [2.75, 3.05) is 0 Å². The van der Waals surface area contributed by atoms with Gasteiger partial charge in [0.1, 0.15) is 17.7 Å². The van der Waals surface area contributed by atoms with Crippen molar-refractivity contribution >= 4 is 28.5 Å². The Balaban J connectivity index is 1.73. The Hall–Kier alpha value is -2.59. The van der Waals surface area contributed by atoms with E-state index < -0.39 is 11.3 Å². The van der Waals surface area contributed by atoms with Crippen molar-refractivity contribution in [3.05, 3.63) is 71.9 Å². The number of hydrogen-bond donors (Lipinski definition) is 1. The van der Waals surface area contributed by atoms with Gasteiger partial charge in [0.15, 0.2) is 0 Å². The Morgan fingerprint density at radius 1 is 1.12 bits per heavy atom. The van der Waals surface area contributed by atoms with Crippen LogP contribution in [0.25, 0.3) is 10.9 Å². The fourth-order valence-electron chi connectivity index (χ4n) is 2.38. The number of nitrogens with zero attached hydrogens (tertiary/aromatic N) is 1. The first-order valence-electron chi connectivity index (χ1n) is 7.54. The molecule has 3 rings (SSSR count). The van der Waals surface area contributed by atoms with Crippen LogP contribution in [0.1, 0.15) is 11.1 Å². The molecule has 0 radical (unpaired) electrons. The van der Waals surface area contributed by atoms with Crippen molar-refractivity contribution in [1.82, 2.24) is 4.98 Å². The summed E-state index contributed by atoms with van der Waals surface area (Å²) in [6.07, 6.45) is 1.90. The highest BCUT2D eigenvalue weighted by atomic mass is 35.5. The summed E-state index contributed by atoms with van der Waals surface area (Å²) < 4.78 is 5.79. The van der Waals surface area contributed by atoms with Crippen LogP contribution in [-0.2, 0) is 17.8 Å². The van der Waals surface area contributed by atoms with Gasteiger partial charge in [0.05, 0.1) is 5.52 Å². The van der Waals surface area contributed by atoms with Crippen LogP contribution in [0.2, 0.25) is 0 Å². The molecule has 3 aromatic rings. The van der Waals surface area contributed by atoms with Crippen LogP contribution in [0.15, 0.2) is 60.8 Å². The average Bonchev–Trinajstić information content (AvgIpc) is 2.60. The molecule has 0 spiro atoms. The molecule has 1 aromatic heterocycles. The second kappa shape index (κ2) is 7.32.